The maximum Gasteiger partial charge on any atom is 0.356 e. The summed E-state index contributed by atoms with van der Waals surface area (Å²) in [6.07, 6.45) is 0.579. The predicted molar refractivity (Wildman–Crippen MR) is 102 cm³/mol. The number of carbonyl (C=O) groups excluding carboxylic acids is 2. The maximum atomic E-state index is 12.6. The molecule has 2 aromatic rings. The van der Waals surface area contributed by atoms with E-state index < -0.39 is 11.4 Å². The zero-order valence-corrected chi connectivity index (χ0v) is 16.2. The first-order valence-electron chi connectivity index (χ1n) is 8.52. The highest BCUT2D eigenvalue weighted by atomic mass is 35.5. The second kappa shape index (κ2) is 7.52. The number of carbonyl (C=O) groups is 2. The first-order chi connectivity index (χ1) is 12.9. The minimum Gasteiger partial charge on any atom is -0.464 e. The van der Waals surface area contributed by atoms with Crippen LogP contribution in [0.25, 0.3) is 0 Å². The first kappa shape index (κ1) is 19.1. The lowest BCUT2D eigenvalue weighted by molar-refractivity contribution is -0.132. The highest BCUT2D eigenvalue weighted by Gasteiger charge is 2.49. The van der Waals surface area contributed by atoms with Gasteiger partial charge in [0.05, 0.1) is 12.5 Å². The van der Waals surface area contributed by atoms with Crippen LogP contribution in [0.4, 0.5) is 5.95 Å². The van der Waals surface area contributed by atoms with Crippen molar-refractivity contribution in [1.82, 2.24) is 15.3 Å². The van der Waals surface area contributed by atoms with E-state index in [1.54, 1.807) is 20.0 Å². The second-order valence-corrected chi connectivity index (χ2v) is 7.14. The largest absolute Gasteiger partial charge is 0.464 e. The number of hydrogen-bond donors (Lipinski definition) is 1. The molecule has 0 saturated carbocycles. The van der Waals surface area contributed by atoms with Crippen molar-refractivity contribution >= 4 is 29.4 Å². The van der Waals surface area contributed by atoms with Crippen molar-refractivity contribution < 1.29 is 14.3 Å². The molecule has 7 nitrogen and oxygen atoms in total. The first-order valence-corrected chi connectivity index (χ1v) is 8.90. The van der Waals surface area contributed by atoms with Crippen LogP contribution in [0.2, 0.25) is 5.02 Å². The minimum absolute atomic E-state index is 0.0328. The molecule has 0 unspecified atom stereocenters. The number of nitrogens with zero attached hydrogens (tertiary/aromatic N) is 3. The summed E-state index contributed by atoms with van der Waals surface area (Å²) in [6.45, 7) is 2.70. The van der Waals surface area contributed by atoms with Crippen LogP contribution in [0.1, 0.15) is 21.7 Å². The van der Waals surface area contributed by atoms with Gasteiger partial charge in [-0.05, 0) is 37.1 Å². The zero-order valence-electron chi connectivity index (χ0n) is 15.5. The van der Waals surface area contributed by atoms with Gasteiger partial charge >= 0.3 is 5.97 Å². The van der Waals surface area contributed by atoms with E-state index in [1.165, 1.54) is 7.11 Å². The van der Waals surface area contributed by atoms with Crippen LogP contribution < -0.4 is 10.2 Å². The minimum atomic E-state index is -0.582. The second-order valence-electron chi connectivity index (χ2n) is 6.70. The Morgan fingerprint density at radius 1 is 1.26 bits per heavy atom. The van der Waals surface area contributed by atoms with E-state index in [9.17, 15) is 9.59 Å². The lowest BCUT2D eigenvalue weighted by Gasteiger charge is -2.48. The van der Waals surface area contributed by atoms with Gasteiger partial charge in [-0.2, -0.15) is 0 Å². The van der Waals surface area contributed by atoms with Crippen molar-refractivity contribution in [2.75, 3.05) is 32.1 Å². The quantitative estimate of drug-likeness (QED) is 0.789. The van der Waals surface area contributed by atoms with Crippen molar-refractivity contribution in [2.24, 2.45) is 5.41 Å². The Bertz CT molecular complexity index is 864. The molecule has 27 heavy (non-hydrogen) atoms. The van der Waals surface area contributed by atoms with Gasteiger partial charge in [0.15, 0.2) is 5.69 Å². The number of methoxy groups -OCH3 is 1. The average Bonchev–Trinajstić information content (AvgIpc) is 2.64. The molecule has 2 heterocycles. The molecule has 1 fully saturated rings. The Kier molecular flexibility index (Phi) is 5.32. The summed E-state index contributed by atoms with van der Waals surface area (Å²) in [6, 6.07) is 9.06. The molecule has 1 aromatic carbocycles. The molecule has 1 saturated heterocycles. The predicted octanol–water partition coefficient (Wildman–Crippen LogP) is 2.02. The number of ether oxygens (including phenoxy) is 1. The fourth-order valence-corrected chi connectivity index (χ4v) is 3.45. The van der Waals surface area contributed by atoms with Crippen molar-refractivity contribution in [2.45, 2.75) is 13.3 Å². The summed E-state index contributed by atoms with van der Waals surface area (Å²) in [7, 11) is 2.94. The highest BCUT2D eigenvalue weighted by Crippen LogP contribution is 2.37. The van der Waals surface area contributed by atoms with E-state index in [-0.39, 0.29) is 11.6 Å². The van der Waals surface area contributed by atoms with Crippen LogP contribution in [0, 0.1) is 12.3 Å². The van der Waals surface area contributed by atoms with Crippen LogP contribution in [-0.2, 0) is 16.0 Å². The van der Waals surface area contributed by atoms with Gasteiger partial charge in [-0.1, -0.05) is 23.7 Å². The molecule has 1 aromatic heterocycles. The fraction of sp³-hybridized carbons (Fsp3) is 0.368. The molecule has 8 heteroatoms. The summed E-state index contributed by atoms with van der Waals surface area (Å²) in [5.41, 5.74) is 1.31. The molecular formula is C19H21ClN4O3. The van der Waals surface area contributed by atoms with Crippen molar-refractivity contribution in [1.29, 1.82) is 0 Å². The Hall–Kier alpha value is -2.67. The smallest absolute Gasteiger partial charge is 0.356 e. The summed E-state index contributed by atoms with van der Waals surface area (Å²) < 4.78 is 4.74. The Morgan fingerprint density at radius 3 is 2.52 bits per heavy atom. The number of hydrogen-bond acceptors (Lipinski definition) is 6. The Balaban J connectivity index is 1.82. The maximum absolute atomic E-state index is 12.6. The van der Waals surface area contributed by atoms with Gasteiger partial charge < -0.3 is 15.0 Å². The number of nitrogens with one attached hydrogen (secondary N) is 1. The highest BCUT2D eigenvalue weighted by molar-refractivity contribution is 6.30. The van der Waals surface area contributed by atoms with Crippen molar-refractivity contribution in [3.8, 4) is 0 Å². The number of aromatic nitrogens is 2. The molecule has 0 spiro atoms. The standard InChI is InChI=1S/C19H21ClN4O3/c1-12-8-15(16(25)27-3)23-18(22-12)24-10-19(11-24,17(26)21-2)9-13-4-6-14(20)7-5-13/h4-8H,9-11H2,1-3H3,(H,21,26). The van der Waals surface area contributed by atoms with Gasteiger partial charge in [-0.25, -0.2) is 14.8 Å². The van der Waals surface area contributed by atoms with E-state index in [2.05, 4.69) is 15.3 Å². The van der Waals surface area contributed by atoms with E-state index in [0.717, 1.165) is 5.56 Å². The number of benzene rings is 1. The molecular weight excluding hydrogens is 368 g/mol. The molecule has 0 radical (unpaired) electrons. The molecule has 1 aliphatic rings. The van der Waals surface area contributed by atoms with Gasteiger partial charge in [0.1, 0.15) is 0 Å². The molecule has 1 amide bonds. The lowest BCUT2D eigenvalue weighted by Crippen LogP contribution is -2.64. The van der Waals surface area contributed by atoms with Crippen LogP contribution in [-0.4, -0.2) is 49.1 Å². The van der Waals surface area contributed by atoms with Gasteiger partial charge in [0, 0.05) is 30.9 Å². The van der Waals surface area contributed by atoms with Crippen LogP contribution in [0.15, 0.2) is 30.3 Å². The summed E-state index contributed by atoms with van der Waals surface area (Å²) in [5.74, 6) is -0.124. The third-order valence-corrected chi connectivity index (χ3v) is 4.92. The van der Waals surface area contributed by atoms with Crippen LogP contribution in [0.5, 0.6) is 0 Å². The van der Waals surface area contributed by atoms with Crippen LogP contribution in [0.3, 0.4) is 0 Å². The SMILES string of the molecule is CNC(=O)C1(Cc2ccc(Cl)cc2)CN(c2nc(C)cc(C(=O)OC)n2)C1. The van der Waals surface area contributed by atoms with Gasteiger partial charge in [-0.3, -0.25) is 4.79 Å². The Morgan fingerprint density at radius 2 is 1.93 bits per heavy atom. The van der Waals surface area contributed by atoms with Crippen molar-refractivity contribution in [3.63, 3.8) is 0 Å². The third-order valence-electron chi connectivity index (χ3n) is 4.67. The van der Waals surface area contributed by atoms with E-state index >= 15 is 0 Å². The number of halogens is 1. The normalized spacial score (nSPS) is 15.0. The molecule has 1 N–H and O–H groups in total. The number of anilines is 1. The van der Waals surface area contributed by atoms with Gasteiger partial charge in [0.25, 0.3) is 0 Å². The van der Waals surface area contributed by atoms with Gasteiger partial charge in [-0.15, -0.1) is 0 Å². The number of amides is 1. The fourth-order valence-electron chi connectivity index (χ4n) is 3.32. The molecule has 142 valence electrons. The lowest BCUT2D eigenvalue weighted by atomic mass is 9.74. The number of aryl methyl sites for hydroxylation is 1. The number of esters is 1. The summed E-state index contributed by atoms with van der Waals surface area (Å²) >= 11 is 5.95. The molecule has 0 aliphatic carbocycles. The van der Waals surface area contributed by atoms with Crippen molar-refractivity contribution in [3.05, 3.63) is 52.3 Å². The topological polar surface area (TPSA) is 84.4 Å². The zero-order chi connectivity index (χ0) is 19.6. The van der Waals surface area contributed by atoms with E-state index in [1.807, 2.05) is 29.2 Å². The monoisotopic (exact) mass is 388 g/mol. The van der Waals surface area contributed by atoms with Crippen LogP contribution >= 0.6 is 11.6 Å². The van der Waals surface area contributed by atoms with Gasteiger partial charge in [0.2, 0.25) is 11.9 Å². The van der Waals surface area contributed by atoms with E-state index in [4.69, 9.17) is 16.3 Å². The van der Waals surface area contributed by atoms with E-state index in [0.29, 0.717) is 36.2 Å². The molecule has 0 bridgehead atoms. The molecule has 1 aliphatic heterocycles. The molecule has 3 rings (SSSR count). The Labute approximate surface area is 162 Å². The summed E-state index contributed by atoms with van der Waals surface area (Å²) in [4.78, 5) is 34.9. The number of rotatable bonds is 5. The summed E-state index contributed by atoms with van der Waals surface area (Å²) in [5, 5.41) is 3.41. The third kappa shape index (κ3) is 3.88. The average molecular weight is 389 g/mol. The molecule has 0 atom stereocenters.